The summed E-state index contributed by atoms with van der Waals surface area (Å²) in [6.07, 6.45) is -0.107. The van der Waals surface area contributed by atoms with Crippen LogP contribution < -0.4 is 11.1 Å². The van der Waals surface area contributed by atoms with Crippen LogP contribution in [0.25, 0.3) is 0 Å². The van der Waals surface area contributed by atoms with Crippen molar-refractivity contribution in [3.63, 3.8) is 0 Å². The Morgan fingerprint density at radius 3 is 2.71 bits per heavy atom. The lowest BCUT2D eigenvalue weighted by atomic mass is 10.1. The molecule has 0 fully saturated rings. The smallest absolute Gasteiger partial charge is 0.407 e. The number of ether oxygens (including phenoxy) is 1. The molecule has 0 aliphatic rings. The zero-order valence-corrected chi connectivity index (χ0v) is 13.2. The minimum atomic E-state index is -0.503. The van der Waals surface area contributed by atoms with E-state index in [0.29, 0.717) is 25.1 Å². The van der Waals surface area contributed by atoms with Gasteiger partial charge in [-0.15, -0.1) is 0 Å². The second-order valence-electron chi connectivity index (χ2n) is 5.06. The van der Waals surface area contributed by atoms with Crippen molar-refractivity contribution in [2.45, 2.75) is 19.6 Å². The fourth-order valence-electron chi connectivity index (χ4n) is 1.95. The number of alkyl carbamates (subject to hydrolysis) is 1. The molecule has 0 saturated carbocycles. The zero-order valence-electron chi connectivity index (χ0n) is 13.2. The third-order valence-corrected chi connectivity index (χ3v) is 3.22. The van der Waals surface area contributed by atoms with E-state index in [9.17, 15) is 9.18 Å². The van der Waals surface area contributed by atoms with Gasteiger partial charge in [-0.1, -0.05) is 48.2 Å². The highest BCUT2D eigenvalue weighted by molar-refractivity contribution is 5.67. The van der Waals surface area contributed by atoms with Crippen molar-refractivity contribution in [3.05, 3.63) is 71.0 Å². The lowest BCUT2D eigenvalue weighted by molar-refractivity contribution is 0.140. The van der Waals surface area contributed by atoms with Gasteiger partial charge >= 0.3 is 6.09 Å². The van der Waals surface area contributed by atoms with E-state index >= 15 is 0 Å². The SMILES string of the molecule is NCc1ccc(F)c(C#CCCNC(=O)OCc2ccccc2)c1. The van der Waals surface area contributed by atoms with Crippen molar-refractivity contribution in [2.75, 3.05) is 6.54 Å². The number of hydrogen-bond donors (Lipinski definition) is 2. The van der Waals surface area contributed by atoms with Gasteiger partial charge in [0.1, 0.15) is 12.4 Å². The van der Waals surface area contributed by atoms with Crippen LogP contribution in [0.1, 0.15) is 23.1 Å². The summed E-state index contributed by atoms with van der Waals surface area (Å²) >= 11 is 0. The molecule has 24 heavy (non-hydrogen) atoms. The lowest BCUT2D eigenvalue weighted by Crippen LogP contribution is -2.24. The Labute approximate surface area is 140 Å². The van der Waals surface area contributed by atoms with Gasteiger partial charge < -0.3 is 15.8 Å². The summed E-state index contributed by atoms with van der Waals surface area (Å²) < 4.78 is 18.6. The van der Waals surface area contributed by atoms with Crippen molar-refractivity contribution in [2.24, 2.45) is 5.73 Å². The molecule has 0 aliphatic carbocycles. The van der Waals surface area contributed by atoms with E-state index in [0.717, 1.165) is 11.1 Å². The second kappa shape index (κ2) is 9.33. The Hall–Kier alpha value is -2.84. The van der Waals surface area contributed by atoms with Gasteiger partial charge in [0, 0.05) is 19.5 Å². The molecule has 124 valence electrons. The number of hydrogen-bond acceptors (Lipinski definition) is 3. The third-order valence-electron chi connectivity index (χ3n) is 3.22. The minimum Gasteiger partial charge on any atom is -0.445 e. The zero-order chi connectivity index (χ0) is 17.2. The number of amides is 1. The average Bonchev–Trinajstić information content (AvgIpc) is 2.62. The highest BCUT2D eigenvalue weighted by atomic mass is 19.1. The molecule has 0 saturated heterocycles. The predicted octanol–water partition coefficient (Wildman–Crippen LogP) is 2.95. The summed E-state index contributed by atoms with van der Waals surface area (Å²) in [5.41, 5.74) is 7.57. The first-order chi connectivity index (χ1) is 11.7. The van der Waals surface area contributed by atoms with E-state index < -0.39 is 6.09 Å². The van der Waals surface area contributed by atoms with E-state index in [1.54, 1.807) is 12.1 Å². The molecule has 2 aromatic rings. The first kappa shape index (κ1) is 17.5. The van der Waals surface area contributed by atoms with E-state index in [-0.39, 0.29) is 12.4 Å². The Kier molecular flexibility index (Phi) is 6.81. The molecule has 0 unspecified atom stereocenters. The third kappa shape index (κ3) is 5.75. The molecule has 5 heteroatoms. The Morgan fingerprint density at radius 2 is 1.96 bits per heavy atom. The van der Waals surface area contributed by atoms with Crippen LogP contribution in [0.5, 0.6) is 0 Å². The summed E-state index contributed by atoms with van der Waals surface area (Å²) in [5.74, 6) is 5.19. The monoisotopic (exact) mass is 326 g/mol. The standard InChI is InChI=1S/C19H19FN2O2/c20-18-10-9-16(13-21)12-17(18)8-4-5-11-22-19(23)24-14-15-6-2-1-3-7-15/h1-3,6-7,9-10,12H,5,11,13-14,21H2,(H,22,23). The molecule has 0 radical (unpaired) electrons. The number of carbonyl (C=O) groups excluding carboxylic acids is 1. The Balaban J connectivity index is 1.72. The topological polar surface area (TPSA) is 64.3 Å². The number of nitrogens with one attached hydrogen (secondary N) is 1. The maximum absolute atomic E-state index is 13.6. The van der Waals surface area contributed by atoms with E-state index in [1.807, 2.05) is 30.3 Å². The molecule has 0 spiro atoms. The fourth-order valence-corrected chi connectivity index (χ4v) is 1.95. The maximum atomic E-state index is 13.6. The van der Waals surface area contributed by atoms with Crippen LogP contribution in [0.4, 0.5) is 9.18 Å². The van der Waals surface area contributed by atoms with Crippen LogP contribution in [0.2, 0.25) is 0 Å². The molecule has 4 nitrogen and oxygen atoms in total. The van der Waals surface area contributed by atoms with Crippen LogP contribution in [-0.4, -0.2) is 12.6 Å². The van der Waals surface area contributed by atoms with Gasteiger partial charge in [-0.05, 0) is 23.3 Å². The van der Waals surface area contributed by atoms with Gasteiger partial charge in [0.2, 0.25) is 0 Å². The van der Waals surface area contributed by atoms with Crippen molar-refractivity contribution >= 4 is 6.09 Å². The van der Waals surface area contributed by atoms with Crippen LogP contribution in [0.3, 0.4) is 0 Å². The van der Waals surface area contributed by atoms with Gasteiger partial charge in [-0.2, -0.15) is 0 Å². The van der Waals surface area contributed by atoms with Crippen LogP contribution in [0.15, 0.2) is 48.5 Å². The molecular weight excluding hydrogens is 307 g/mol. The van der Waals surface area contributed by atoms with Crippen LogP contribution in [0, 0.1) is 17.7 Å². The highest BCUT2D eigenvalue weighted by Crippen LogP contribution is 2.09. The maximum Gasteiger partial charge on any atom is 0.407 e. The summed E-state index contributed by atoms with van der Waals surface area (Å²) in [7, 11) is 0. The molecule has 0 bridgehead atoms. The molecule has 0 aromatic heterocycles. The summed E-state index contributed by atoms with van der Waals surface area (Å²) in [5, 5.41) is 2.60. The van der Waals surface area contributed by atoms with E-state index in [1.165, 1.54) is 6.07 Å². The number of benzene rings is 2. The van der Waals surface area contributed by atoms with Gasteiger partial charge in [-0.25, -0.2) is 9.18 Å². The second-order valence-corrected chi connectivity index (χ2v) is 5.06. The molecule has 0 atom stereocenters. The van der Waals surface area contributed by atoms with Crippen LogP contribution in [-0.2, 0) is 17.9 Å². The molecular formula is C19H19FN2O2. The van der Waals surface area contributed by atoms with Gasteiger partial charge in [-0.3, -0.25) is 0 Å². The minimum absolute atomic E-state index is 0.218. The molecule has 0 heterocycles. The Bertz CT molecular complexity index is 736. The van der Waals surface area contributed by atoms with Crippen molar-refractivity contribution in [3.8, 4) is 11.8 Å². The van der Waals surface area contributed by atoms with Gasteiger partial charge in [0.25, 0.3) is 0 Å². The Morgan fingerprint density at radius 1 is 1.17 bits per heavy atom. The molecule has 1 amide bonds. The van der Waals surface area contributed by atoms with Crippen LogP contribution >= 0.6 is 0 Å². The lowest BCUT2D eigenvalue weighted by Gasteiger charge is -2.05. The molecule has 3 N–H and O–H groups in total. The number of nitrogens with two attached hydrogens (primary N) is 1. The molecule has 0 aliphatic heterocycles. The van der Waals surface area contributed by atoms with Crippen molar-refractivity contribution in [1.82, 2.24) is 5.32 Å². The van der Waals surface area contributed by atoms with Gasteiger partial charge in [0.05, 0.1) is 5.56 Å². The first-order valence-electron chi connectivity index (χ1n) is 7.61. The average molecular weight is 326 g/mol. The summed E-state index contributed by atoms with van der Waals surface area (Å²) in [4.78, 5) is 11.5. The van der Waals surface area contributed by atoms with E-state index in [2.05, 4.69) is 17.2 Å². The molecule has 2 rings (SSSR count). The quantitative estimate of drug-likeness (QED) is 0.656. The summed E-state index contributed by atoms with van der Waals surface area (Å²) in [6, 6.07) is 14.0. The molecule has 2 aromatic carbocycles. The largest absolute Gasteiger partial charge is 0.445 e. The first-order valence-corrected chi connectivity index (χ1v) is 7.61. The van der Waals surface area contributed by atoms with E-state index in [4.69, 9.17) is 10.5 Å². The van der Waals surface area contributed by atoms with Gasteiger partial charge in [0.15, 0.2) is 0 Å². The normalized spacial score (nSPS) is 9.75. The number of rotatable bonds is 5. The van der Waals surface area contributed by atoms with Crippen molar-refractivity contribution < 1.29 is 13.9 Å². The fraction of sp³-hybridized carbons (Fsp3) is 0.211. The highest BCUT2D eigenvalue weighted by Gasteiger charge is 2.01. The number of halogens is 1. The van der Waals surface area contributed by atoms with Crippen molar-refractivity contribution in [1.29, 1.82) is 0 Å². The number of carbonyl (C=O) groups is 1. The predicted molar refractivity (Wildman–Crippen MR) is 90.4 cm³/mol. The summed E-state index contributed by atoms with van der Waals surface area (Å²) in [6.45, 7) is 0.887.